The van der Waals surface area contributed by atoms with E-state index in [0.717, 1.165) is 23.1 Å². The van der Waals surface area contributed by atoms with Gasteiger partial charge in [-0.15, -0.1) is 0 Å². The van der Waals surface area contributed by atoms with Gasteiger partial charge in [-0.1, -0.05) is 29.8 Å². The lowest BCUT2D eigenvalue weighted by molar-refractivity contribution is -0.140. The summed E-state index contributed by atoms with van der Waals surface area (Å²) < 4.78 is 9.42. The Bertz CT molecular complexity index is 557. The van der Waals surface area contributed by atoms with Crippen molar-refractivity contribution in [1.29, 1.82) is 0 Å². The normalized spacial score (nSPS) is 13.1. The van der Waals surface area contributed by atoms with Crippen LogP contribution in [0, 0.1) is 0 Å². The molecule has 0 fully saturated rings. The Kier molecular flexibility index (Phi) is 4.56. The first-order valence-corrected chi connectivity index (χ1v) is 6.58. The minimum absolute atomic E-state index is 0.237. The van der Waals surface area contributed by atoms with Crippen LogP contribution in [0.2, 0.25) is 0 Å². The Hall–Kier alpha value is -2.10. The van der Waals surface area contributed by atoms with Crippen LogP contribution in [0.25, 0.3) is 5.57 Å². The zero-order valence-corrected chi connectivity index (χ0v) is 11.8. The van der Waals surface area contributed by atoms with Crippen molar-refractivity contribution in [3.63, 3.8) is 0 Å². The molecule has 0 spiro atoms. The first kappa shape index (κ1) is 14.3. The van der Waals surface area contributed by atoms with Crippen molar-refractivity contribution < 1.29 is 19.1 Å². The van der Waals surface area contributed by atoms with Gasteiger partial charge in [-0.05, 0) is 29.5 Å². The molecule has 0 radical (unpaired) electrons. The SMILES string of the molecule is COC(=O)CCC1=C(CC(=O)OC)Cc2ccccc21. The van der Waals surface area contributed by atoms with Crippen molar-refractivity contribution in [2.24, 2.45) is 0 Å². The molecule has 4 nitrogen and oxygen atoms in total. The molecule has 106 valence electrons. The zero-order chi connectivity index (χ0) is 14.5. The van der Waals surface area contributed by atoms with Crippen LogP contribution < -0.4 is 0 Å². The number of rotatable bonds is 5. The van der Waals surface area contributed by atoms with Gasteiger partial charge in [-0.3, -0.25) is 9.59 Å². The third-order valence-corrected chi connectivity index (χ3v) is 3.57. The van der Waals surface area contributed by atoms with E-state index in [1.807, 2.05) is 18.2 Å². The lowest BCUT2D eigenvalue weighted by Gasteiger charge is -2.07. The molecule has 0 saturated carbocycles. The smallest absolute Gasteiger partial charge is 0.309 e. The Balaban J connectivity index is 2.23. The van der Waals surface area contributed by atoms with E-state index >= 15 is 0 Å². The number of methoxy groups -OCH3 is 2. The maximum atomic E-state index is 11.5. The highest BCUT2D eigenvalue weighted by molar-refractivity contribution is 5.84. The Morgan fingerprint density at radius 2 is 1.80 bits per heavy atom. The first-order valence-electron chi connectivity index (χ1n) is 6.58. The maximum absolute atomic E-state index is 11.5. The van der Waals surface area contributed by atoms with E-state index in [1.54, 1.807) is 0 Å². The van der Waals surface area contributed by atoms with E-state index in [1.165, 1.54) is 19.8 Å². The molecule has 1 aliphatic rings. The summed E-state index contributed by atoms with van der Waals surface area (Å²) in [7, 11) is 2.77. The number of esters is 2. The molecule has 0 aliphatic heterocycles. The van der Waals surface area contributed by atoms with Gasteiger partial charge in [-0.2, -0.15) is 0 Å². The predicted octanol–water partition coefficient (Wildman–Crippen LogP) is 2.51. The van der Waals surface area contributed by atoms with Crippen LogP contribution in [0.5, 0.6) is 0 Å². The van der Waals surface area contributed by atoms with Crippen molar-refractivity contribution >= 4 is 17.5 Å². The molecule has 0 saturated heterocycles. The third-order valence-electron chi connectivity index (χ3n) is 3.57. The third kappa shape index (κ3) is 3.07. The van der Waals surface area contributed by atoms with Gasteiger partial charge in [0.05, 0.1) is 20.6 Å². The van der Waals surface area contributed by atoms with Gasteiger partial charge in [0.15, 0.2) is 0 Å². The molecular weight excluding hydrogens is 256 g/mol. The Morgan fingerprint density at radius 3 is 2.50 bits per heavy atom. The molecule has 0 bridgehead atoms. The summed E-state index contributed by atoms with van der Waals surface area (Å²) >= 11 is 0. The van der Waals surface area contributed by atoms with Crippen LogP contribution in [-0.2, 0) is 25.5 Å². The fourth-order valence-electron chi connectivity index (χ4n) is 2.55. The van der Waals surface area contributed by atoms with Gasteiger partial charge in [0, 0.05) is 6.42 Å². The highest BCUT2D eigenvalue weighted by atomic mass is 16.5. The van der Waals surface area contributed by atoms with Crippen molar-refractivity contribution in [1.82, 2.24) is 0 Å². The second kappa shape index (κ2) is 6.37. The largest absolute Gasteiger partial charge is 0.469 e. The number of carbonyl (C=O) groups is 2. The fraction of sp³-hybridized carbons (Fsp3) is 0.375. The molecule has 1 aliphatic carbocycles. The summed E-state index contributed by atoms with van der Waals surface area (Å²) in [6.45, 7) is 0. The van der Waals surface area contributed by atoms with Gasteiger partial charge < -0.3 is 9.47 Å². The van der Waals surface area contributed by atoms with E-state index in [9.17, 15) is 9.59 Å². The average molecular weight is 274 g/mol. The van der Waals surface area contributed by atoms with Crippen LogP contribution in [0.3, 0.4) is 0 Å². The number of ether oxygens (including phenoxy) is 2. The second-order valence-electron chi connectivity index (χ2n) is 4.75. The van der Waals surface area contributed by atoms with Crippen molar-refractivity contribution in [3.8, 4) is 0 Å². The van der Waals surface area contributed by atoms with Crippen molar-refractivity contribution in [2.45, 2.75) is 25.7 Å². The van der Waals surface area contributed by atoms with Crippen LogP contribution in [-0.4, -0.2) is 26.2 Å². The number of fused-ring (bicyclic) bond motifs is 1. The highest BCUT2D eigenvalue weighted by Crippen LogP contribution is 2.37. The first-order chi connectivity index (χ1) is 9.65. The predicted molar refractivity (Wildman–Crippen MR) is 74.9 cm³/mol. The maximum Gasteiger partial charge on any atom is 0.309 e. The standard InChI is InChI=1S/C16H18O4/c1-19-15(17)8-7-14-12(10-16(18)20-2)9-11-5-3-4-6-13(11)14/h3-6H,7-10H2,1-2H3. The Morgan fingerprint density at radius 1 is 1.10 bits per heavy atom. The molecule has 4 heteroatoms. The summed E-state index contributed by atoms with van der Waals surface area (Å²) in [5.41, 5.74) is 4.46. The second-order valence-corrected chi connectivity index (χ2v) is 4.75. The minimum Gasteiger partial charge on any atom is -0.469 e. The zero-order valence-electron chi connectivity index (χ0n) is 11.8. The number of carbonyl (C=O) groups excluding carboxylic acids is 2. The minimum atomic E-state index is -0.247. The summed E-state index contributed by atoms with van der Waals surface area (Å²) in [6, 6.07) is 8.04. The highest BCUT2D eigenvalue weighted by Gasteiger charge is 2.23. The van der Waals surface area contributed by atoms with E-state index in [2.05, 4.69) is 10.8 Å². The summed E-state index contributed by atoms with van der Waals surface area (Å²) in [4.78, 5) is 22.8. The molecule has 0 atom stereocenters. The molecule has 0 N–H and O–H groups in total. The average Bonchev–Trinajstić information content (AvgIpc) is 2.81. The monoisotopic (exact) mass is 274 g/mol. The molecule has 0 aromatic heterocycles. The lowest BCUT2D eigenvalue weighted by atomic mass is 10.00. The summed E-state index contributed by atoms with van der Waals surface area (Å²) in [6.07, 6.45) is 1.95. The van der Waals surface area contributed by atoms with Gasteiger partial charge in [0.2, 0.25) is 0 Å². The number of allylic oxidation sites excluding steroid dienone is 1. The van der Waals surface area contributed by atoms with Crippen LogP contribution >= 0.6 is 0 Å². The van der Waals surface area contributed by atoms with E-state index in [-0.39, 0.29) is 18.4 Å². The van der Waals surface area contributed by atoms with E-state index in [0.29, 0.717) is 12.8 Å². The molecular formula is C16H18O4. The van der Waals surface area contributed by atoms with Crippen LogP contribution in [0.1, 0.15) is 30.4 Å². The lowest BCUT2D eigenvalue weighted by Crippen LogP contribution is -2.04. The van der Waals surface area contributed by atoms with Crippen LogP contribution in [0.15, 0.2) is 29.8 Å². The van der Waals surface area contributed by atoms with Gasteiger partial charge in [0.25, 0.3) is 0 Å². The molecule has 2 rings (SSSR count). The van der Waals surface area contributed by atoms with Gasteiger partial charge in [-0.25, -0.2) is 0 Å². The van der Waals surface area contributed by atoms with E-state index < -0.39 is 0 Å². The van der Waals surface area contributed by atoms with Gasteiger partial charge in [0.1, 0.15) is 0 Å². The topological polar surface area (TPSA) is 52.6 Å². The molecule has 0 unspecified atom stereocenters. The Labute approximate surface area is 118 Å². The summed E-state index contributed by atoms with van der Waals surface area (Å²) in [5.74, 6) is -0.484. The fourth-order valence-corrected chi connectivity index (χ4v) is 2.55. The van der Waals surface area contributed by atoms with Crippen molar-refractivity contribution in [2.75, 3.05) is 14.2 Å². The number of hydrogen-bond acceptors (Lipinski definition) is 4. The molecule has 1 aromatic carbocycles. The molecule has 20 heavy (non-hydrogen) atoms. The summed E-state index contributed by atoms with van der Waals surface area (Å²) in [5, 5.41) is 0. The van der Waals surface area contributed by atoms with E-state index in [4.69, 9.17) is 4.74 Å². The molecule has 0 heterocycles. The number of hydrogen-bond donors (Lipinski definition) is 0. The quantitative estimate of drug-likeness (QED) is 0.774. The number of benzene rings is 1. The molecule has 1 aromatic rings. The van der Waals surface area contributed by atoms with Crippen molar-refractivity contribution in [3.05, 3.63) is 41.0 Å². The van der Waals surface area contributed by atoms with Crippen LogP contribution in [0.4, 0.5) is 0 Å². The van der Waals surface area contributed by atoms with Gasteiger partial charge >= 0.3 is 11.9 Å². The molecule has 0 amide bonds.